The van der Waals surface area contributed by atoms with Gasteiger partial charge in [-0.1, -0.05) is 79.0 Å². The lowest BCUT2D eigenvalue weighted by atomic mass is 10.0. The van der Waals surface area contributed by atoms with E-state index in [1.54, 1.807) is 36.4 Å². The predicted molar refractivity (Wildman–Crippen MR) is 166 cm³/mol. The summed E-state index contributed by atoms with van der Waals surface area (Å²) in [5.41, 5.74) is 2.58. The predicted octanol–water partition coefficient (Wildman–Crippen LogP) is 5.12. The minimum atomic E-state index is -3.92. The molecule has 0 aromatic heterocycles. The lowest BCUT2D eigenvalue weighted by molar-refractivity contribution is -0.140. The molecule has 8 nitrogen and oxygen atoms in total. The first-order valence-electron chi connectivity index (χ1n) is 14.1. The number of carbonyl (C=O) groups excluding carboxylic acids is 2. The SMILES string of the molecule is COc1ccc(C)cc1N(CC(=O)N(Cc1ccccc1Cl)C(Cc1ccccc1)C(=O)NC1CCCC1)S(C)(=O)=O. The molecule has 1 aliphatic rings. The summed E-state index contributed by atoms with van der Waals surface area (Å²) in [4.78, 5) is 29.7. The zero-order valence-corrected chi connectivity index (χ0v) is 25.8. The first-order valence-corrected chi connectivity index (χ1v) is 16.3. The van der Waals surface area contributed by atoms with Gasteiger partial charge in [0.15, 0.2) is 0 Å². The summed E-state index contributed by atoms with van der Waals surface area (Å²) in [6, 6.07) is 20.9. The van der Waals surface area contributed by atoms with Gasteiger partial charge in [-0.25, -0.2) is 8.42 Å². The summed E-state index contributed by atoms with van der Waals surface area (Å²) in [6.45, 7) is 1.33. The van der Waals surface area contributed by atoms with Crippen LogP contribution >= 0.6 is 11.6 Å². The van der Waals surface area contributed by atoms with Gasteiger partial charge in [0.25, 0.3) is 0 Å². The maximum atomic E-state index is 14.3. The van der Waals surface area contributed by atoms with Gasteiger partial charge in [0.2, 0.25) is 21.8 Å². The Morgan fingerprint density at radius 2 is 1.69 bits per heavy atom. The fourth-order valence-corrected chi connectivity index (χ4v) is 6.36. The maximum Gasteiger partial charge on any atom is 0.244 e. The molecule has 1 saturated carbocycles. The van der Waals surface area contributed by atoms with Gasteiger partial charge < -0.3 is 15.0 Å². The molecule has 1 atom stereocenters. The van der Waals surface area contributed by atoms with Gasteiger partial charge in [-0.05, 0) is 54.7 Å². The Labute approximate surface area is 253 Å². The van der Waals surface area contributed by atoms with Gasteiger partial charge in [-0.3, -0.25) is 13.9 Å². The van der Waals surface area contributed by atoms with Crippen molar-refractivity contribution in [1.82, 2.24) is 10.2 Å². The Kier molecular flexibility index (Phi) is 10.5. The molecule has 1 N–H and O–H groups in total. The van der Waals surface area contributed by atoms with E-state index in [-0.39, 0.29) is 30.6 Å². The first kappa shape index (κ1) is 31.4. The fraction of sp³-hybridized carbons (Fsp3) is 0.375. The summed E-state index contributed by atoms with van der Waals surface area (Å²) < 4.78 is 32.7. The smallest absolute Gasteiger partial charge is 0.244 e. The van der Waals surface area contributed by atoms with E-state index in [0.29, 0.717) is 16.3 Å². The number of aryl methyl sites for hydroxylation is 1. The molecule has 1 unspecified atom stereocenters. The van der Waals surface area contributed by atoms with Gasteiger partial charge in [0, 0.05) is 24.0 Å². The van der Waals surface area contributed by atoms with E-state index in [1.807, 2.05) is 43.3 Å². The van der Waals surface area contributed by atoms with Crippen molar-refractivity contribution in [3.05, 3.63) is 94.5 Å². The van der Waals surface area contributed by atoms with Crippen LogP contribution in [0, 0.1) is 6.92 Å². The number of amides is 2. The summed E-state index contributed by atoms with van der Waals surface area (Å²) in [7, 11) is -2.47. The van der Waals surface area contributed by atoms with Crippen LogP contribution < -0.4 is 14.4 Å². The van der Waals surface area contributed by atoms with E-state index in [2.05, 4.69) is 5.32 Å². The Hall–Kier alpha value is -3.56. The van der Waals surface area contributed by atoms with Crippen molar-refractivity contribution in [2.45, 2.75) is 57.7 Å². The highest BCUT2D eigenvalue weighted by molar-refractivity contribution is 7.92. The van der Waals surface area contributed by atoms with E-state index in [9.17, 15) is 18.0 Å². The molecule has 3 aromatic carbocycles. The molecule has 0 heterocycles. The van der Waals surface area contributed by atoms with E-state index in [4.69, 9.17) is 16.3 Å². The molecule has 1 aliphatic carbocycles. The van der Waals surface area contributed by atoms with Crippen LogP contribution in [0.1, 0.15) is 42.4 Å². The Bertz CT molecular complexity index is 1490. The lowest BCUT2D eigenvalue weighted by Crippen LogP contribution is -2.54. The van der Waals surface area contributed by atoms with E-state index in [0.717, 1.165) is 47.4 Å². The average molecular weight is 612 g/mol. The molecule has 0 saturated heterocycles. The van der Waals surface area contributed by atoms with Crippen LogP contribution in [-0.4, -0.2) is 57.1 Å². The molecule has 0 radical (unpaired) electrons. The van der Waals surface area contributed by atoms with Crippen LogP contribution in [0.4, 0.5) is 5.69 Å². The number of benzene rings is 3. The summed E-state index contributed by atoms with van der Waals surface area (Å²) >= 11 is 6.52. The molecule has 4 rings (SSSR count). The highest BCUT2D eigenvalue weighted by Gasteiger charge is 2.35. The van der Waals surface area contributed by atoms with Gasteiger partial charge in [0.05, 0.1) is 19.1 Å². The molecule has 0 spiro atoms. The Morgan fingerprint density at radius 1 is 1.02 bits per heavy atom. The summed E-state index contributed by atoms with van der Waals surface area (Å²) in [5, 5.41) is 3.61. The van der Waals surface area contributed by atoms with Crippen LogP contribution in [0.3, 0.4) is 0 Å². The molecular formula is C32H38ClN3O5S. The fourth-order valence-electron chi connectivity index (χ4n) is 5.32. The third-order valence-corrected chi connectivity index (χ3v) is 9.05. The number of methoxy groups -OCH3 is 1. The van der Waals surface area contributed by atoms with Gasteiger partial charge in [-0.15, -0.1) is 0 Å². The summed E-state index contributed by atoms with van der Waals surface area (Å²) in [5.74, 6) is -0.493. The minimum absolute atomic E-state index is 0.0245. The molecule has 0 aliphatic heterocycles. The molecule has 42 heavy (non-hydrogen) atoms. The van der Waals surface area contributed by atoms with Crippen LogP contribution in [0.5, 0.6) is 5.75 Å². The third-order valence-electron chi connectivity index (χ3n) is 7.55. The quantitative estimate of drug-likeness (QED) is 0.307. The second-order valence-electron chi connectivity index (χ2n) is 10.8. The molecule has 3 aromatic rings. The number of ether oxygens (including phenoxy) is 1. The Balaban J connectivity index is 1.76. The first-order chi connectivity index (χ1) is 20.1. The zero-order chi connectivity index (χ0) is 30.3. The van der Waals surface area contributed by atoms with Crippen molar-refractivity contribution < 1.29 is 22.7 Å². The molecule has 0 bridgehead atoms. The molecule has 10 heteroatoms. The van der Waals surface area contributed by atoms with Gasteiger partial charge >= 0.3 is 0 Å². The number of anilines is 1. The number of sulfonamides is 1. The average Bonchev–Trinajstić information content (AvgIpc) is 3.47. The minimum Gasteiger partial charge on any atom is -0.495 e. The van der Waals surface area contributed by atoms with Crippen LogP contribution in [0.15, 0.2) is 72.8 Å². The largest absolute Gasteiger partial charge is 0.495 e. The van der Waals surface area contributed by atoms with E-state index in [1.165, 1.54) is 12.0 Å². The van der Waals surface area contributed by atoms with E-state index >= 15 is 0 Å². The van der Waals surface area contributed by atoms with Gasteiger partial charge in [-0.2, -0.15) is 0 Å². The second kappa shape index (κ2) is 14.1. The molecule has 1 fully saturated rings. The van der Waals surface area contributed by atoms with Crippen LogP contribution in [0.25, 0.3) is 0 Å². The number of nitrogens with one attached hydrogen (secondary N) is 1. The van der Waals surface area contributed by atoms with Crippen molar-refractivity contribution in [3.8, 4) is 5.75 Å². The van der Waals surface area contributed by atoms with E-state index < -0.39 is 28.5 Å². The van der Waals surface area contributed by atoms with Crippen LogP contribution in [-0.2, 0) is 32.6 Å². The highest BCUT2D eigenvalue weighted by Crippen LogP contribution is 2.31. The monoisotopic (exact) mass is 611 g/mol. The number of rotatable bonds is 12. The third kappa shape index (κ3) is 8.04. The molecule has 2 amide bonds. The van der Waals surface area contributed by atoms with Crippen molar-refractivity contribution in [1.29, 1.82) is 0 Å². The van der Waals surface area contributed by atoms with Crippen molar-refractivity contribution in [2.75, 3.05) is 24.2 Å². The second-order valence-corrected chi connectivity index (χ2v) is 13.1. The number of nitrogens with zero attached hydrogens (tertiary/aromatic N) is 2. The number of carbonyl (C=O) groups is 2. The van der Waals surface area contributed by atoms with Crippen molar-refractivity contribution in [3.63, 3.8) is 0 Å². The highest BCUT2D eigenvalue weighted by atomic mass is 35.5. The van der Waals surface area contributed by atoms with Crippen LogP contribution in [0.2, 0.25) is 5.02 Å². The van der Waals surface area contributed by atoms with Crippen molar-refractivity contribution in [2.24, 2.45) is 0 Å². The maximum absolute atomic E-state index is 14.3. The number of halogens is 1. The lowest BCUT2D eigenvalue weighted by Gasteiger charge is -2.34. The number of hydrogen-bond acceptors (Lipinski definition) is 5. The zero-order valence-electron chi connectivity index (χ0n) is 24.3. The standard InChI is InChI=1S/C32H38ClN3O5S/c1-23-17-18-30(41-2)28(19-23)36(42(3,39)40)22-31(37)35(21-25-13-7-10-16-27(25)33)29(20-24-11-5-4-6-12-24)32(38)34-26-14-8-9-15-26/h4-7,10-13,16-19,26,29H,8-9,14-15,20-22H2,1-3H3,(H,34,38). The van der Waals surface area contributed by atoms with Gasteiger partial charge in [0.1, 0.15) is 18.3 Å². The topological polar surface area (TPSA) is 96.0 Å². The number of hydrogen-bond donors (Lipinski definition) is 1. The Morgan fingerprint density at radius 3 is 2.33 bits per heavy atom. The molecule has 224 valence electrons. The summed E-state index contributed by atoms with van der Waals surface area (Å²) in [6.07, 6.45) is 5.15. The molecular weight excluding hydrogens is 574 g/mol. The van der Waals surface area contributed by atoms with Crippen molar-refractivity contribution >= 4 is 39.1 Å². The normalized spacial score (nSPS) is 14.3.